The minimum Gasteiger partial charge on any atom is -0.461 e. The van der Waals surface area contributed by atoms with Crippen LogP contribution in [0.1, 0.15) is 46.0 Å². The SMILES string of the molecule is C/C1=C\CC[C@@]2(C)CC2C2OC(=O)[C@@H](CN(C)C)C2CC1.CS(=O)(=O)O. The lowest BCUT2D eigenvalue weighted by Gasteiger charge is -2.25. The van der Waals surface area contributed by atoms with Crippen LogP contribution in [-0.2, 0) is 19.6 Å². The summed E-state index contributed by atoms with van der Waals surface area (Å²) in [6.45, 7) is 5.45. The van der Waals surface area contributed by atoms with Crippen LogP contribution in [-0.4, -0.2) is 56.8 Å². The molecule has 1 heterocycles. The van der Waals surface area contributed by atoms with E-state index in [0.29, 0.717) is 23.5 Å². The van der Waals surface area contributed by atoms with Crippen LogP contribution in [0.3, 0.4) is 0 Å². The molecule has 5 atom stereocenters. The van der Waals surface area contributed by atoms with Crippen molar-refractivity contribution in [1.82, 2.24) is 4.90 Å². The van der Waals surface area contributed by atoms with E-state index in [4.69, 9.17) is 9.29 Å². The lowest BCUT2D eigenvalue weighted by Crippen LogP contribution is -2.32. The highest BCUT2D eigenvalue weighted by molar-refractivity contribution is 7.85. The molecule has 7 heteroatoms. The predicted molar refractivity (Wildman–Crippen MR) is 101 cm³/mol. The molecule has 0 aromatic carbocycles. The smallest absolute Gasteiger partial charge is 0.310 e. The van der Waals surface area contributed by atoms with Crippen molar-refractivity contribution < 1.29 is 22.5 Å². The van der Waals surface area contributed by atoms with Crippen LogP contribution in [0.25, 0.3) is 0 Å². The Balaban J connectivity index is 0.000000431. The van der Waals surface area contributed by atoms with Crippen LogP contribution in [0.15, 0.2) is 11.6 Å². The number of fused-ring (bicyclic) bond motifs is 3. The predicted octanol–water partition coefficient (Wildman–Crippen LogP) is 2.76. The molecule has 2 fully saturated rings. The first-order valence-electron chi connectivity index (χ1n) is 9.34. The molecule has 0 amide bonds. The summed E-state index contributed by atoms with van der Waals surface area (Å²) in [5, 5.41) is 0. The number of ether oxygens (including phenoxy) is 1. The van der Waals surface area contributed by atoms with E-state index in [1.54, 1.807) is 0 Å². The van der Waals surface area contributed by atoms with Crippen LogP contribution >= 0.6 is 0 Å². The van der Waals surface area contributed by atoms with Gasteiger partial charge in [0, 0.05) is 18.4 Å². The third kappa shape index (κ3) is 5.79. The van der Waals surface area contributed by atoms with E-state index in [1.807, 2.05) is 14.1 Å². The van der Waals surface area contributed by atoms with Crippen molar-refractivity contribution in [2.24, 2.45) is 23.2 Å². The van der Waals surface area contributed by atoms with Crippen LogP contribution in [0.4, 0.5) is 0 Å². The van der Waals surface area contributed by atoms with Crippen molar-refractivity contribution in [2.75, 3.05) is 26.9 Å². The lowest BCUT2D eigenvalue weighted by atomic mass is 9.80. The van der Waals surface area contributed by atoms with Gasteiger partial charge in [-0.15, -0.1) is 0 Å². The Kier molecular flexibility index (Phi) is 6.57. The molecule has 3 rings (SSSR count). The van der Waals surface area contributed by atoms with Gasteiger partial charge in [0.1, 0.15) is 6.10 Å². The summed E-state index contributed by atoms with van der Waals surface area (Å²) < 4.78 is 31.7. The molecule has 3 unspecified atom stereocenters. The average Bonchev–Trinajstić information content (AvgIpc) is 3.03. The highest BCUT2D eigenvalue weighted by Crippen LogP contribution is 2.61. The van der Waals surface area contributed by atoms with Gasteiger partial charge in [-0.3, -0.25) is 9.35 Å². The summed E-state index contributed by atoms with van der Waals surface area (Å²) in [5.74, 6) is 1.13. The highest BCUT2D eigenvalue weighted by atomic mass is 32.2. The molecule has 1 saturated carbocycles. The van der Waals surface area contributed by atoms with E-state index in [0.717, 1.165) is 19.4 Å². The number of rotatable bonds is 2. The van der Waals surface area contributed by atoms with Gasteiger partial charge in [-0.2, -0.15) is 8.42 Å². The van der Waals surface area contributed by atoms with Gasteiger partial charge < -0.3 is 9.64 Å². The zero-order chi connectivity index (χ0) is 19.7. The van der Waals surface area contributed by atoms with Crippen molar-refractivity contribution in [3.8, 4) is 0 Å². The summed E-state index contributed by atoms with van der Waals surface area (Å²) in [6, 6.07) is 0. The Labute approximate surface area is 157 Å². The summed E-state index contributed by atoms with van der Waals surface area (Å²) in [5.41, 5.74) is 1.89. The van der Waals surface area contributed by atoms with Gasteiger partial charge in [0.05, 0.1) is 12.2 Å². The second-order valence-corrected chi connectivity index (χ2v) is 10.2. The van der Waals surface area contributed by atoms with Crippen molar-refractivity contribution in [3.05, 3.63) is 11.6 Å². The number of nitrogens with zero attached hydrogens (tertiary/aromatic N) is 1. The number of hydrogen-bond acceptors (Lipinski definition) is 5. The first-order valence-corrected chi connectivity index (χ1v) is 11.2. The Bertz CT molecular complexity index is 649. The summed E-state index contributed by atoms with van der Waals surface area (Å²) in [4.78, 5) is 14.5. The minimum absolute atomic E-state index is 0.0498. The fourth-order valence-corrected chi connectivity index (χ4v) is 4.45. The fraction of sp³-hybridized carbons (Fsp3) is 0.842. The molecular formula is C19H33NO5S. The molecular weight excluding hydrogens is 354 g/mol. The summed E-state index contributed by atoms with van der Waals surface area (Å²) in [7, 11) is 0.431. The average molecular weight is 388 g/mol. The molecule has 150 valence electrons. The van der Waals surface area contributed by atoms with Crippen molar-refractivity contribution in [2.45, 2.75) is 52.1 Å². The molecule has 0 aromatic rings. The van der Waals surface area contributed by atoms with E-state index in [9.17, 15) is 13.2 Å². The van der Waals surface area contributed by atoms with Crippen LogP contribution in [0, 0.1) is 23.2 Å². The molecule has 3 aliphatic rings. The fourth-order valence-electron chi connectivity index (χ4n) is 4.45. The number of esters is 1. The Morgan fingerprint density at radius 1 is 1.38 bits per heavy atom. The molecule has 0 spiro atoms. The molecule has 6 nitrogen and oxygen atoms in total. The van der Waals surface area contributed by atoms with Gasteiger partial charge in [-0.05, 0) is 58.5 Å². The maximum absolute atomic E-state index is 12.4. The number of carbonyl (C=O) groups excluding carboxylic acids is 1. The molecule has 1 aliphatic heterocycles. The van der Waals surface area contributed by atoms with Crippen LogP contribution < -0.4 is 0 Å². The monoisotopic (exact) mass is 387 g/mol. The molecule has 0 aromatic heterocycles. The highest BCUT2D eigenvalue weighted by Gasteiger charge is 2.60. The molecule has 0 bridgehead atoms. The van der Waals surface area contributed by atoms with Crippen molar-refractivity contribution in [3.63, 3.8) is 0 Å². The van der Waals surface area contributed by atoms with Crippen LogP contribution in [0.2, 0.25) is 0 Å². The zero-order valence-electron chi connectivity index (χ0n) is 16.6. The maximum atomic E-state index is 12.4. The van der Waals surface area contributed by atoms with E-state index < -0.39 is 10.1 Å². The third-order valence-electron chi connectivity index (χ3n) is 5.95. The van der Waals surface area contributed by atoms with Gasteiger partial charge in [-0.1, -0.05) is 18.6 Å². The summed E-state index contributed by atoms with van der Waals surface area (Å²) >= 11 is 0. The van der Waals surface area contributed by atoms with Gasteiger partial charge in [-0.25, -0.2) is 0 Å². The molecule has 26 heavy (non-hydrogen) atoms. The Hall–Kier alpha value is -0.920. The zero-order valence-corrected chi connectivity index (χ0v) is 17.4. The van der Waals surface area contributed by atoms with Gasteiger partial charge in [0.25, 0.3) is 10.1 Å². The molecule has 2 aliphatic carbocycles. The van der Waals surface area contributed by atoms with E-state index >= 15 is 0 Å². The molecule has 0 radical (unpaired) electrons. The molecule has 1 N–H and O–H groups in total. The Morgan fingerprint density at radius 2 is 2.00 bits per heavy atom. The standard InChI is InChI=1S/C18H29NO2.CH4O3S/c1-12-6-5-9-18(2)10-15(18)16-13(8-7-12)14(11-19(3)4)17(20)21-16;1-5(2,3)4/h6,13-16H,5,7-11H2,1-4H3;1H3,(H,2,3,4)/b12-6+;/t13?,14-,15?,16?,18-;/m0./s1. The van der Waals surface area contributed by atoms with Crippen molar-refractivity contribution >= 4 is 16.1 Å². The van der Waals surface area contributed by atoms with E-state index in [2.05, 4.69) is 24.8 Å². The number of carbonyl (C=O) groups is 1. The van der Waals surface area contributed by atoms with E-state index in [-0.39, 0.29) is 18.0 Å². The van der Waals surface area contributed by atoms with Gasteiger partial charge in [0.15, 0.2) is 0 Å². The second kappa shape index (κ2) is 7.98. The maximum Gasteiger partial charge on any atom is 0.310 e. The number of hydrogen-bond donors (Lipinski definition) is 1. The lowest BCUT2D eigenvalue weighted by molar-refractivity contribution is -0.145. The second-order valence-electron chi connectivity index (χ2n) is 8.76. The van der Waals surface area contributed by atoms with E-state index in [1.165, 1.54) is 24.8 Å². The quantitative estimate of drug-likeness (QED) is 0.446. The number of allylic oxidation sites excluding steroid dienone is 2. The van der Waals surface area contributed by atoms with Crippen molar-refractivity contribution in [1.29, 1.82) is 0 Å². The normalized spacial score (nSPS) is 38.9. The topological polar surface area (TPSA) is 83.9 Å². The van der Waals surface area contributed by atoms with Gasteiger partial charge >= 0.3 is 5.97 Å². The van der Waals surface area contributed by atoms with Crippen LogP contribution in [0.5, 0.6) is 0 Å². The largest absolute Gasteiger partial charge is 0.461 e. The molecule has 1 saturated heterocycles. The first-order chi connectivity index (χ1) is 11.9. The Morgan fingerprint density at radius 3 is 2.58 bits per heavy atom. The first kappa shape index (κ1) is 21.4. The summed E-state index contributed by atoms with van der Waals surface area (Å²) in [6.07, 6.45) is 9.20. The minimum atomic E-state index is -3.67. The third-order valence-corrected chi connectivity index (χ3v) is 5.95. The van der Waals surface area contributed by atoms with Gasteiger partial charge in [0.2, 0.25) is 0 Å².